The van der Waals surface area contributed by atoms with E-state index in [0.29, 0.717) is 16.4 Å². The Balaban J connectivity index is 2.51. The molecule has 1 aromatic carbocycles. The van der Waals surface area contributed by atoms with Crippen molar-refractivity contribution in [3.63, 3.8) is 0 Å². The van der Waals surface area contributed by atoms with Crippen LogP contribution >= 0.6 is 0 Å². The predicted molar refractivity (Wildman–Crippen MR) is 62.7 cm³/mol. The molecule has 3 N–H and O–H groups in total. The van der Waals surface area contributed by atoms with E-state index in [-0.39, 0.29) is 5.69 Å². The van der Waals surface area contributed by atoms with E-state index >= 15 is 0 Å². The molecular formula is C10H9F2N3O4S. The highest BCUT2D eigenvalue weighted by atomic mass is 32.2. The first kappa shape index (κ1) is 14.3. The average molecular weight is 305 g/mol. The number of halogens is 2. The van der Waals surface area contributed by atoms with Crippen LogP contribution in [0.5, 0.6) is 0 Å². The molecule has 0 radical (unpaired) electrons. The maximum Gasteiger partial charge on any atom is 0.249 e. The lowest BCUT2D eigenvalue weighted by Crippen LogP contribution is -2.53. The number of nitrogens with one attached hydrogen (secondary N) is 1. The molecule has 0 aromatic heterocycles. The fourth-order valence-corrected chi connectivity index (χ4v) is 3.18. The number of anilines is 1. The summed E-state index contributed by atoms with van der Waals surface area (Å²) in [6.07, 6.45) is 0. The molecule has 20 heavy (non-hydrogen) atoms. The van der Waals surface area contributed by atoms with Gasteiger partial charge >= 0.3 is 0 Å². The van der Waals surface area contributed by atoms with Crippen molar-refractivity contribution in [3.05, 3.63) is 23.8 Å². The van der Waals surface area contributed by atoms with Gasteiger partial charge < -0.3 is 5.73 Å². The van der Waals surface area contributed by atoms with E-state index in [1.165, 1.54) is 0 Å². The molecule has 0 unspecified atom stereocenters. The van der Waals surface area contributed by atoms with Crippen LogP contribution in [0.1, 0.15) is 0 Å². The number of nitrogens with two attached hydrogens (primary N) is 1. The Kier molecular flexibility index (Phi) is 3.44. The number of carbonyl (C=O) groups excluding carboxylic acids is 2. The minimum absolute atomic E-state index is 0.286. The van der Waals surface area contributed by atoms with Gasteiger partial charge in [0.1, 0.15) is 11.6 Å². The van der Waals surface area contributed by atoms with E-state index in [9.17, 15) is 26.8 Å². The second kappa shape index (κ2) is 4.80. The van der Waals surface area contributed by atoms with Crippen molar-refractivity contribution in [2.45, 2.75) is 4.90 Å². The predicted octanol–water partition coefficient (Wildman–Crippen LogP) is -0.806. The van der Waals surface area contributed by atoms with Crippen molar-refractivity contribution in [1.29, 1.82) is 0 Å². The summed E-state index contributed by atoms with van der Waals surface area (Å²) in [7, 11) is -4.66. The van der Waals surface area contributed by atoms with E-state index in [1.807, 2.05) is 5.32 Å². The molecule has 2 rings (SSSR count). The quantitative estimate of drug-likeness (QED) is 0.549. The van der Waals surface area contributed by atoms with Gasteiger partial charge in [-0.05, 0) is 12.1 Å². The zero-order chi connectivity index (χ0) is 15.1. The number of nitrogen functional groups attached to an aromatic ring is 1. The van der Waals surface area contributed by atoms with Crippen molar-refractivity contribution >= 4 is 27.5 Å². The summed E-state index contributed by atoms with van der Waals surface area (Å²) in [6.45, 7) is -1.39. The number of benzene rings is 1. The van der Waals surface area contributed by atoms with Crippen LogP contribution in [0, 0.1) is 11.6 Å². The van der Waals surface area contributed by atoms with Crippen molar-refractivity contribution in [2.24, 2.45) is 0 Å². The van der Waals surface area contributed by atoms with E-state index in [4.69, 9.17) is 5.73 Å². The number of carbonyl (C=O) groups is 2. The van der Waals surface area contributed by atoms with E-state index < -0.39 is 51.5 Å². The second-order valence-electron chi connectivity index (χ2n) is 4.06. The Morgan fingerprint density at radius 1 is 1.10 bits per heavy atom. The third-order valence-electron chi connectivity index (χ3n) is 2.54. The van der Waals surface area contributed by atoms with Crippen LogP contribution in [0.2, 0.25) is 0 Å². The smallest absolute Gasteiger partial charge is 0.249 e. The monoisotopic (exact) mass is 305 g/mol. The molecule has 7 nitrogen and oxygen atoms in total. The van der Waals surface area contributed by atoms with Gasteiger partial charge in [-0.3, -0.25) is 14.9 Å². The molecule has 1 heterocycles. The van der Waals surface area contributed by atoms with Crippen LogP contribution in [-0.4, -0.2) is 37.6 Å². The van der Waals surface area contributed by atoms with Crippen LogP contribution < -0.4 is 11.1 Å². The fourth-order valence-electron chi connectivity index (χ4n) is 1.74. The van der Waals surface area contributed by atoms with Crippen molar-refractivity contribution < 1.29 is 26.8 Å². The highest BCUT2D eigenvalue weighted by Crippen LogP contribution is 2.25. The topological polar surface area (TPSA) is 110 Å². The lowest BCUT2D eigenvalue weighted by atomic mass is 10.3. The molecule has 2 amide bonds. The normalized spacial score (nSPS) is 17.1. The minimum Gasteiger partial charge on any atom is -0.399 e. The highest BCUT2D eigenvalue weighted by Gasteiger charge is 2.36. The largest absolute Gasteiger partial charge is 0.399 e. The molecule has 0 saturated carbocycles. The first-order chi connectivity index (χ1) is 9.21. The van der Waals surface area contributed by atoms with Crippen LogP contribution in [-0.2, 0) is 19.6 Å². The molecule has 1 fully saturated rings. The molecule has 1 aromatic rings. The molecule has 1 saturated heterocycles. The summed E-state index contributed by atoms with van der Waals surface area (Å²) in [5.74, 6) is -4.52. The Morgan fingerprint density at radius 3 is 2.00 bits per heavy atom. The maximum atomic E-state index is 13.6. The van der Waals surface area contributed by atoms with E-state index in [1.54, 1.807) is 0 Å². The second-order valence-corrected chi connectivity index (χ2v) is 5.93. The number of hydrogen-bond donors (Lipinski definition) is 2. The minimum atomic E-state index is -4.66. The van der Waals surface area contributed by atoms with Gasteiger partial charge in [0.15, 0.2) is 4.90 Å². The molecule has 0 atom stereocenters. The van der Waals surface area contributed by atoms with Gasteiger partial charge in [0.05, 0.1) is 13.1 Å². The van der Waals surface area contributed by atoms with Gasteiger partial charge in [0.25, 0.3) is 0 Å². The first-order valence-electron chi connectivity index (χ1n) is 5.29. The number of amides is 2. The molecular weight excluding hydrogens is 296 g/mol. The van der Waals surface area contributed by atoms with Gasteiger partial charge in [0, 0.05) is 5.69 Å². The van der Waals surface area contributed by atoms with Crippen LogP contribution in [0.25, 0.3) is 0 Å². The molecule has 0 spiro atoms. The van der Waals surface area contributed by atoms with E-state index in [2.05, 4.69) is 0 Å². The Morgan fingerprint density at radius 2 is 1.55 bits per heavy atom. The summed E-state index contributed by atoms with van der Waals surface area (Å²) in [5, 5.41) is 1.88. The lowest BCUT2D eigenvalue weighted by molar-refractivity contribution is -0.134. The first-order valence-corrected chi connectivity index (χ1v) is 6.73. The van der Waals surface area contributed by atoms with Gasteiger partial charge in [-0.1, -0.05) is 0 Å². The molecule has 1 aliphatic rings. The average Bonchev–Trinajstić information content (AvgIpc) is 2.25. The van der Waals surface area contributed by atoms with Gasteiger partial charge in [0.2, 0.25) is 21.8 Å². The summed E-state index contributed by atoms with van der Waals surface area (Å²) >= 11 is 0. The van der Waals surface area contributed by atoms with Crippen LogP contribution in [0.4, 0.5) is 14.5 Å². The summed E-state index contributed by atoms with van der Waals surface area (Å²) in [6, 6.07) is 1.28. The Labute approximate surface area is 112 Å². The maximum absolute atomic E-state index is 13.6. The number of piperazine rings is 1. The third kappa shape index (κ3) is 2.47. The van der Waals surface area contributed by atoms with Crippen LogP contribution in [0.15, 0.2) is 17.0 Å². The summed E-state index contributed by atoms with van der Waals surface area (Å²) in [5.41, 5.74) is 4.90. The Hall–Kier alpha value is -2.07. The molecule has 0 aliphatic carbocycles. The molecule has 1 aliphatic heterocycles. The van der Waals surface area contributed by atoms with Gasteiger partial charge in [-0.2, -0.15) is 4.31 Å². The van der Waals surface area contributed by atoms with Crippen molar-refractivity contribution in [2.75, 3.05) is 18.8 Å². The summed E-state index contributed by atoms with van der Waals surface area (Å²) in [4.78, 5) is 21.0. The van der Waals surface area contributed by atoms with E-state index in [0.717, 1.165) is 0 Å². The number of imide groups is 1. The zero-order valence-corrected chi connectivity index (χ0v) is 10.7. The van der Waals surface area contributed by atoms with Gasteiger partial charge in [-0.15, -0.1) is 0 Å². The summed E-state index contributed by atoms with van der Waals surface area (Å²) < 4.78 is 51.9. The van der Waals surface area contributed by atoms with Crippen molar-refractivity contribution in [3.8, 4) is 0 Å². The van der Waals surface area contributed by atoms with Crippen LogP contribution in [0.3, 0.4) is 0 Å². The fraction of sp³-hybridized carbons (Fsp3) is 0.200. The number of hydrogen-bond acceptors (Lipinski definition) is 5. The van der Waals surface area contributed by atoms with Gasteiger partial charge in [-0.25, -0.2) is 17.2 Å². The Bertz CT molecular complexity index is 665. The number of rotatable bonds is 2. The standard InChI is InChI=1S/C10H9F2N3O4S/c11-6-1-5(13)2-7(12)10(6)20(18,19)15-3-8(16)14-9(17)4-15/h1-2H,3-4,13H2,(H,14,16,17). The SMILES string of the molecule is Nc1cc(F)c(S(=O)(=O)N2CC(=O)NC(=O)C2)c(F)c1. The highest BCUT2D eigenvalue weighted by molar-refractivity contribution is 7.89. The lowest BCUT2D eigenvalue weighted by Gasteiger charge is -2.25. The number of nitrogens with zero attached hydrogens (tertiary/aromatic N) is 1. The zero-order valence-electron chi connectivity index (χ0n) is 9.89. The molecule has 0 bridgehead atoms. The molecule has 108 valence electrons. The molecule has 10 heteroatoms. The third-order valence-corrected chi connectivity index (χ3v) is 4.38. The van der Waals surface area contributed by atoms with Crippen molar-refractivity contribution in [1.82, 2.24) is 9.62 Å². The number of sulfonamides is 1.